The first-order chi connectivity index (χ1) is 13.6. The average Bonchev–Trinajstić information content (AvgIpc) is 3.24. The quantitative estimate of drug-likeness (QED) is 0.469. The van der Waals surface area contributed by atoms with Gasteiger partial charge in [-0.15, -0.1) is 0 Å². The van der Waals surface area contributed by atoms with Crippen molar-refractivity contribution in [3.05, 3.63) is 88.0 Å². The van der Waals surface area contributed by atoms with Crippen LogP contribution in [0.4, 0.5) is 4.39 Å². The van der Waals surface area contributed by atoms with E-state index in [0.29, 0.717) is 11.0 Å². The second-order valence-electron chi connectivity index (χ2n) is 6.15. The third-order valence-electron chi connectivity index (χ3n) is 4.34. The molecule has 2 heterocycles. The van der Waals surface area contributed by atoms with Gasteiger partial charge < -0.3 is 13.6 Å². The highest BCUT2D eigenvalue weighted by Crippen LogP contribution is 2.32. The minimum Gasteiger partial charge on any atom is -0.461 e. The Morgan fingerprint density at radius 2 is 1.89 bits per heavy atom. The zero-order chi connectivity index (χ0) is 19.7. The smallest absolute Gasteiger partial charge is 0.343 e. The fourth-order valence-electron chi connectivity index (χ4n) is 2.85. The van der Waals surface area contributed by atoms with Crippen LogP contribution in [0.15, 0.2) is 74.5 Å². The van der Waals surface area contributed by atoms with E-state index in [2.05, 4.69) is 0 Å². The summed E-state index contributed by atoms with van der Waals surface area (Å²) in [5.74, 6) is -1.29. The molecule has 28 heavy (non-hydrogen) atoms. The molecule has 0 fully saturated rings. The predicted octanol–water partition coefficient (Wildman–Crippen LogP) is 4.97. The van der Waals surface area contributed by atoms with Crippen LogP contribution in [0.5, 0.6) is 5.75 Å². The van der Waals surface area contributed by atoms with Crippen molar-refractivity contribution in [3.63, 3.8) is 0 Å². The average molecular weight is 378 g/mol. The summed E-state index contributed by atoms with van der Waals surface area (Å²) in [4.78, 5) is 25.6. The summed E-state index contributed by atoms with van der Waals surface area (Å²) >= 11 is 0. The second-order valence-corrected chi connectivity index (χ2v) is 6.15. The molecule has 0 bridgehead atoms. The molecule has 6 heteroatoms. The van der Waals surface area contributed by atoms with E-state index in [-0.39, 0.29) is 22.8 Å². The Bertz CT molecular complexity index is 1200. The summed E-state index contributed by atoms with van der Waals surface area (Å²) in [5, 5.41) is 0.302. The highest BCUT2D eigenvalue weighted by atomic mass is 19.1. The first-order valence-corrected chi connectivity index (χ1v) is 8.68. The Morgan fingerprint density at radius 1 is 1.11 bits per heavy atom. The topological polar surface area (TPSA) is 69.7 Å². The number of carbonyl (C=O) groups excluding carboxylic acids is 1. The molecule has 0 radical (unpaired) electrons. The summed E-state index contributed by atoms with van der Waals surface area (Å²) < 4.78 is 29.7. The molecule has 5 nitrogen and oxygen atoms in total. The van der Waals surface area contributed by atoms with Crippen LogP contribution in [0.25, 0.3) is 22.5 Å². The van der Waals surface area contributed by atoms with Gasteiger partial charge in [0.25, 0.3) is 0 Å². The molecule has 0 saturated carbocycles. The largest absolute Gasteiger partial charge is 0.461 e. The Balaban J connectivity index is 1.88. The van der Waals surface area contributed by atoms with Crippen LogP contribution in [-0.4, -0.2) is 5.97 Å². The summed E-state index contributed by atoms with van der Waals surface area (Å²) in [7, 11) is 0. The number of hydrogen-bond acceptors (Lipinski definition) is 5. The van der Waals surface area contributed by atoms with Gasteiger partial charge in [0.1, 0.15) is 11.4 Å². The Kier molecular flexibility index (Phi) is 4.53. The molecule has 0 N–H and O–H groups in total. The van der Waals surface area contributed by atoms with Crippen LogP contribution < -0.4 is 10.2 Å². The summed E-state index contributed by atoms with van der Waals surface area (Å²) in [6, 6.07) is 13.3. The molecular formula is C22H15FO5. The number of carbonyl (C=O) groups is 1. The van der Waals surface area contributed by atoms with E-state index in [9.17, 15) is 14.0 Å². The maximum atomic E-state index is 13.1. The molecule has 4 aromatic rings. The van der Waals surface area contributed by atoms with Crippen LogP contribution in [0.1, 0.15) is 22.8 Å². The van der Waals surface area contributed by atoms with Gasteiger partial charge in [-0.2, -0.15) is 0 Å². The van der Waals surface area contributed by atoms with Crippen molar-refractivity contribution in [3.8, 4) is 17.3 Å². The van der Waals surface area contributed by atoms with E-state index in [1.807, 2.05) is 13.0 Å². The minimum atomic E-state index is -0.800. The molecule has 0 unspecified atom stereocenters. The van der Waals surface area contributed by atoms with Gasteiger partial charge in [0.2, 0.25) is 16.9 Å². The minimum absolute atomic E-state index is 0.0159. The molecule has 0 amide bonds. The number of rotatable bonds is 4. The monoisotopic (exact) mass is 378 g/mol. The Labute approximate surface area is 159 Å². The van der Waals surface area contributed by atoms with E-state index in [1.165, 1.54) is 18.4 Å². The highest BCUT2D eigenvalue weighted by molar-refractivity contribution is 5.92. The van der Waals surface area contributed by atoms with Crippen LogP contribution in [0.2, 0.25) is 0 Å². The molecule has 0 aliphatic rings. The lowest BCUT2D eigenvalue weighted by atomic mass is 10.1. The van der Waals surface area contributed by atoms with Gasteiger partial charge >= 0.3 is 5.97 Å². The van der Waals surface area contributed by atoms with Gasteiger partial charge in [0, 0.05) is 0 Å². The first-order valence-electron chi connectivity index (χ1n) is 8.68. The summed E-state index contributed by atoms with van der Waals surface area (Å²) in [5.41, 5.74) is 0.920. The normalized spacial score (nSPS) is 10.9. The molecular weight excluding hydrogens is 363 g/mol. The first kappa shape index (κ1) is 17.7. The standard InChI is InChI=1S/C22H15FO5/c1-2-13-5-10-17-16(12-13)19(24)21(20(27-17)18-4-3-11-26-18)28-22(25)14-6-8-15(23)9-7-14/h3-12H,2H2,1H3. The fraction of sp³-hybridized carbons (Fsp3) is 0.0909. The molecule has 2 aromatic carbocycles. The van der Waals surface area contributed by atoms with Crippen molar-refractivity contribution in [2.24, 2.45) is 0 Å². The number of esters is 1. The summed E-state index contributed by atoms with van der Waals surface area (Å²) in [6.45, 7) is 1.97. The van der Waals surface area contributed by atoms with Gasteiger partial charge in [-0.25, -0.2) is 9.18 Å². The number of ether oxygens (including phenoxy) is 1. The van der Waals surface area contributed by atoms with E-state index in [1.54, 1.807) is 24.3 Å². The Hall–Kier alpha value is -3.67. The van der Waals surface area contributed by atoms with Gasteiger partial charge in [-0.3, -0.25) is 4.79 Å². The van der Waals surface area contributed by atoms with Crippen LogP contribution in [0.3, 0.4) is 0 Å². The fourth-order valence-corrected chi connectivity index (χ4v) is 2.85. The van der Waals surface area contributed by atoms with Gasteiger partial charge in [-0.05, 0) is 60.5 Å². The van der Waals surface area contributed by atoms with Crippen LogP contribution >= 0.6 is 0 Å². The van der Waals surface area contributed by atoms with E-state index in [0.717, 1.165) is 24.1 Å². The molecule has 0 aliphatic carbocycles. The molecule has 140 valence electrons. The van der Waals surface area contributed by atoms with Gasteiger partial charge in [0.15, 0.2) is 5.76 Å². The van der Waals surface area contributed by atoms with Crippen molar-refractivity contribution in [1.82, 2.24) is 0 Å². The SMILES string of the molecule is CCc1ccc2oc(-c3ccco3)c(OC(=O)c3ccc(F)cc3)c(=O)c2c1. The van der Waals surface area contributed by atoms with Crippen molar-refractivity contribution in [1.29, 1.82) is 0 Å². The lowest BCUT2D eigenvalue weighted by Crippen LogP contribution is -2.16. The van der Waals surface area contributed by atoms with Crippen LogP contribution in [-0.2, 0) is 6.42 Å². The van der Waals surface area contributed by atoms with E-state index >= 15 is 0 Å². The lowest BCUT2D eigenvalue weighted by molar-refractivity contribution is 0.0731. The van der Waals surface area contributed by atoms with Crippen molar-refractivity contribution in [2.75, 3.05) is 0 Å². The highest BCUT2D eigenvalue weighted by Gasteiger charge is 2.23. The Morgan fingerprint density at radius 3 is 2.57 bits per heavy atom. The number of benzene rings is 2. The predicted molar refractivity (Wildman–Crippen MR) is 101 cm³/mol. The number of halogens is 1. The van der Waals surface area contributed by atoms with Crippen molar-refractivity contribution in [2.45, 2.75) is 13.3 Å². The number of hydrogen-bond donors (Lipinski definition) is 0. The van der Waals surface area contributed by atoms with E-state index < -0.39 is 17.2 Å². The third-order valence-corrected chi connectivity index (χ3v) is 4.34. The van der Waals surface area contributed by atoms with Gasteiger partial charge in [-0.1, -0.05) is 13.0 Å². The maximum absolute atomic E-state index is 13.1. The zero-order valence-corrected chi connectivity index (χ0v) is 14.9. The van der Waals surface area contributed by atoms with Crippen LogP contribution in [0, 0.1) is 5.82 Å². The molecule has 4 rings (SSSR count). The maximum Gasteiger partial charge on any atom is 0.343 e. The molecule has 0 atom stereocenters. The molecule has 2 aromatic heterocycles. The van der Waals surface area contributed by atoms with Gasteiger partial charge in [0.05, 0.1) is 17.2 Å². The number of fused-ring (bicyclic) bond motifs is 1. The number of furan rings is 1. The van der Waals surface area contributed by atoms with Crippen molar-refractivity contribution < 1.29 is 22.8 Å². The second kappa shape index (κ2) is 7.15. The van der Waals surface area contributed by atoms with E-state index in [4.69, 9.17) is 13.6 Å². The molecule has 0 spiro atoms. The molecule has 0 saturated heterocycles. The number of aryl methyl sites for hydroxylation is 1. The lowest BCUT2D eigenvalue weighted by Gasteiger charge is -2.09. The molecule has 0 aliphatic heterocycles. The zero-order valence-electron chi connectivity index (χ0n) is 14.9. The summed E-state index contributed by atoms with van der Waals surface area (Å²) in [6.07, 6.45) is 2.16. The van der Waals surface area contributed by atoms with Crippen molar-refractivity contribution >= 4 is 16.9 Å². The third kappa shape index (κ3) is 3.20.